The van der Waals surface area contributed by atoms with Gasteiger partial charge in [-0.25, -0.2) is 14.4 Å². The van der Waals surface area contributed by atoms with Crippen molar-refractivity contribution in [2.24, 2.45) is 0 Å². The van der Waals surface area contributed by atoms with Gasteiger partial charge in [-0.3, -0.25) is 0 Å². The average molecular weight is 324 g/mol. The van der Waals surface area contributed by atoms with Crippen molar-refractivity contribution in [1.29, 1.82) is 0 Å². The molecule has 0 aromatic carbocycles. The van der Waals surface area contributed by atoms with Crippen molar-refractivity contribution >= 4 is 17.9 Å². The largest absolute Gasteiger partial charge is 0.458 e. The van der Waals surface area contributed by atoms with E-state index in [-0.39, 0.29) is 36.4 Å². The molecule has 0 fully saturated rings. The second kappa shape index (κ2) is 8.92. The van der Waals surface area contributed by atoms with E-state index < -0.39 is 23.5 Å². The maximum atomic E-state index is 11.8. The third-order valence-electron chi connectivity index (χ3n) is 2.93. The van der Waals surface area contributed by atoms with Crippen LogP contribution in [0.25, 0.3) is 0 Å². The average Bonchev–Trinajstić information content (AvgIpc) is 2.48. The number of hydrogen-bond donors (Lipinski definition) is 0. The van der Waals surface area contributed by atoms with E-state index in [1.807, 2.05) is 0 Å². The summed E-state index contributed by atoms with van der Waals surface area (Å²) in [5.74, 6) is -1.91. The highest BCUT2D eigenvalue weighted by Crippen LogP contribution is 2.20. The van der Waals surface area contributed by atoms with E-state index >= 15 is 0 Å². The topological polar surface area (TPSA) is 78.9 Å². The summed E-state index contributed by atoms with van der Waals surface area (Å²) in [5.41, 5.74) is -0.702. The molecular formula is C17H24O6. The van der Waals surface area contributed by atoms with Crippen molar-refractivity contribution in [3.63, 3.8) is 0 Å². The van der Waals surface area contributed by atoms with Gasteiger partial charge in [-0.1, -0.05) is 26.7 Å². The summed E-state index contributed by atoms with van der Waals surface area (Å²) in [6.07, 6.45) is 0.263. The Morgan fingerprint density at radius 3 is 1.39 bits per heavy atom. The maximum absolute atomic E-state index is 11.8. The highest BCUT2D eigenvalue weighted by molar-refractivity contribution is 5.88. The van der Waals surface area contributed by atoms with E-state index in [2.05, 4.69) is 19.7 Å². The van der Waals surface area contributed by atoms with Gasteiger partial charge in [-0.15, -0.1) is 0 Å². The Kier molecular flexibility index (Phi) is 8.00. The van der Waals surface area contributed by atoms with E-state index in [9.17, 15) is 14.4 Å². The zero-order valence-corrected chi connectivity index (χ0v) is 14.2. The molecule has 0 unspecified atom stereocenters. The van der Waals surface area contributed by atoms with Crippen molar-refractivity contribution in [3.8, 4) is 0 Å². The van der Waals surface area contributed by atoms with Crippen molar-refractivity contribution in [3.05, 3.63) is 36.5 Å². The van der Waals surface area contributed by atoms with Crippen LogP contribution >= 0.6 is 0 Å². The van der Waals surface area contributed by atoms with Crippen LogP contribution in [0.4, 0.5) is 0 Å². The van der Waals surface area contributed by atoms with Gasteiger partial charge in [0.05, 0.1) is 0 Å². The monoisotopic (exact) mass is 324 g/mol. The lowest BCUT2D eigenvalue weighted by atomic mass is 10.0. The second-order valence-electron chi connectivity index (χ2n) is 5.42. The first-order chi connectivity index (χ1) is 10.5. The summed E-state index contributed by atoms with van der Waals surface area (Å²) < 4.78 is 15.5. The van der Waals surface area contributed by atoms with Gasteiger partial charge in [0.1, 0.15) is 13.2 Å². The summed E-state index contributed by atoms with van der Waals surface area (Å²) >= 11 is 0. The Morgan fingerprint density at radius 2 is 1.13 bits per heavy atom. The molecule has 0 bridgehead atoms. The highest BCUT2D eigenvalue weighted by atomic mass is 16.6. The van der Waals surface area contributed by atoms with Gasteiger partial charge in [0, 0.05) is 16.7 Å². The van der Waals surface area contributed by atoms with Crippen LogP contribution in [0.3, 0.4) is 0 Å². The maximum Gasteiger partial charge on any atom is 0.333 e. The van der Waals surface area contributed by atoms with E-state index in [0.717, 1.165) is 0 Å². The molecule has 0 spiro atoms. The van der Waals surface area contributed by atoms with Gasteiger partial charge in [-0.2, -0.15) is 0 Å². The van der Waals surface area contributed by atoms with Crippen molar-refractivity contribution in [2.75, 3.05) is 13.2 Å². The van der Waals surface area contributed by atoms with Crippen LogP contribution in [-0.4, -0.2) is 36.7 Å². The molecule has 0 rings (SSSR count). The lowest BCUT2D eigenvalue weighted by molar-refractivity contribution is -0.180. The molecule has 0 heterocycles. The molecule has 0 aliphatic rings. The van der Waals surface area contributed by atoms with E-state index in [1.165, 1.54) is 20.8 Å². The number of hydrogen-bond acceptors (Lipinski definition) is 6. The van der Waals surface area contributed by atoms with Gasteiger partial charge in [-0.05, 0) is 27.2 Å². The molecule has 0 saturated heterocycles. The molecule has 128 valence electrons. The standard InChI is InChI=1S/C17H24O6/c1-8-17(23-16(20)13(6)7,9-21-14(18)11(2)3)10-22-15(19)12(4)5/h2,4,6,8-10H2,1,3,5,7H3. The molecule has 6 heteroatoms. The molecule has 6 nitrogen and oxygen atoms in total. The Morgan fingerprint density at radius 1 is 0.783 bits per heavy atom. The summed E-state index contributed by atoms with van der Waals surface area (Å²) in [6, 6.07) is 0. The number of ether oxygens (including phenoxy) is 3. The minimum absolute atomic E-state index is 0.181. The fraction of sp³-hybridized carbons (Fsp3) is 0.471. The fourth-order valence-corrected chi connectivity index (χ4v) is 1.30. The first-order valence-corrected chi connectivity index (χ1v) is 7.08. The van der Waals surface area contributed by atoms with Crippen molar-refractivity contribution in [2.45, 2.75) is 39.7 Å². The van der Waals surface area contributed by atoms with Crippen LogP contribution in [0.2, 0.25) is 0 Å². The normalized spacial score (nSPS) is 10.4. The zero-order chi connectivity index (χ0) is 18.2. The number of rotatable bonds is 9. The first kappa shape index (κ1) is 20.6. The minimum atomic E-state index is -1.30. The summed E-state index contributed by atoms with van der Waals surface area (Å²) in [4.78, 5) is 35.0. The van der Waals surface area contributed by atoms with Crippen LogP contribution in [-0.2, 0) is 28.6 Å². The third-order valence-corrected chi connectivity index (χ3v) is 2.93. The van der Waals surface area contributed by atoms with Gasteiger partial charge < -0.3 is 14.2 Å². The predicted molar refractivity (Wildman–Crippen MR) is 85.5 cm³/mol. The first-order valence-electron chi connectivity index (χ1n) is 7.08. The lowest BCUT2D eigenvalue weighted by Gasteiger charge is -2.31. The van der Waals surface area contributed by atoms with Gasteiger partial charge >= 0.3 is 17.9 Å². The molecule has 0 aliphatic carbocycles. The Balaban J connectivity index is 5.19. The second-order valence-corrected chi connectivity index (χ2v) is 5.42. The Hall–Kier alpha value is -2.37. The molecule has 0 amide bonds. The van der Waals surface area contributed by atoms with E-state index in [4.69, 9.17) is 14.2 Å². The molecule has 23 heavy (non-hydrogen) atoms. The summed E-state index contributed by atoms with van der Waals surface area (Å²) in [6.45, 7) is 16.1. The van der Waals surface area contributed by atoms with Crippen LogP contribution in [0.5, 0.6) is 0 Å². The van der Waals surface area contributed by atoms with Crippen LogP contribution in [0.15, 0.2) is 36.5 Å². The summed E-state index contributed by atoms with van der Waals surface area (Å²) in [7, 11) is 0. The summed E-state index contributed by atoms with van der Waals surface area (Å²) in [5, 5.41) is 0. The van der Waals surface area contributed by atoms with E-state index in [1.54, 1.807) is 6.92 Å². The quantitative estimate of drug-likeness (QED) is 0.368. The van der Waals surface area contributed by atoms with E-state index in [0.29, 0.717) is 0 Å². The van der Waals surface area contributed by atoms with Gasteiger partial charge in [0.25, 0.3) is 0 Å². The molecule has 0 atom stereocenters. The third kappa shape index (κ3) is 6.95. The SMILES string of the molecule is C=C(C)C(=O)OCC(CC)(COC(=O)C(=C)C)OC(=O)C(=C)C. The number of carbonyl (C=O) groups is 3. The molecule has 0 aromatic rings. The van der Waals surface area contributed by atoms with Gasteiger partial charge in [0.15, 0.2) is 5.60 Å². The van der Waals surface area contributed by atoms with Gasteiger partial charge in [0.2, 0.25) is 0 Å². The van der Waals surface area contributed by atoms with Crippen molar-refractivity contribution < 1.29 is 28.6 Å². The van der Waals surface area contributed by atoms with Crippen LogP contribution < -0.4 is 0 Å². The number of esters is 3. The molecule has 0 saturated carbocycles. The lowest BCUT2D eigenvalue weighted by Crippen LogP contribution is -2.45. The predicted octanol–water partition coefficient (Wildman–Crippen LogP) is 2.49. The molecule has 0 N–H and O–H groups in total. The van der Waals surface area contributed by atoms with Crippen LogP contribution in [0, 0.1) is 0 Å². The number of carbonyl (C=O) groups excluding carboxylic acids is 3. The smallest absolute Gasteiger partial charge is 0.333 e. The zero-order valence-electron chi connectivity index (χ0n) is 14.2. The highest BCUT2D eigenvalue weighted by Gasteiger charge is 2.36. The minimum Gasteiger partial charge on any atom is -0.458 e. The van der Waals surface area contributed by atoms with Crippen molar-refractivity contribution in [1.82, 2.24) is 0 Å². The van der Waals surface area contributed by atoms with Crippen LogP contribution in [0.1, 0.15) is 34.1 Å². The molecule has 0 radical (unpaired) electrons. The Bertz CT molecular complexity index is 499. The molecule has 0 aromatic heterocycles. The molecular weight excluding hydrogens is 300 g/mol. The Labute approximate surface area is 136 Å². The fourth-order valence-electron chi connectivity index (χ4n) is 1.30. The molecule has 0 aliphatic heterocycles.